The summed E-state index contributed by atoms with van der Waals surface area (Å²) in [6, 6.07) is 4.07. The number of rotatable bonds is 2. The van der Waals surface area contributed by atoms with Gasteiger partial charge < -0.3 is 4.90 Å². The van der Waals surface area contributed by atoms with E-state index >= 15 is 0 Å². The predicted octanol–water partition coefficient (Wildman–Crippen LogP) is 2.86. The molecule has 0 aromatic carbocycles. The number of nitrogens with zero attached hydrogens (tertiary/aromatic N) is 2. The van der Waals surface area contributed by atoms with E-state index in [2.05, 4.69) is 27.8 Å². The molecular formula is C12H15BrN2O. The van der Waals surface area contributed by atoms with Gasteiger partial charge in [-0.25, -0.2) is 4.98 Å². The molecule has 0 spiro atoms. The molecule has 2 rings (SSSR count). The molecule has 1 fully saturated rings. The van der Waals surface area contributed by atoms with E-state index in [-0.39, 0.29) is 5.91 Å². The second-order valence-electron chi connectivity index (χ2n) is 4.04. The number of aromatic nitrogens is 1. The van der Waals surface area contributed by atoms with Gasteiger partial charge in [0.25, 0.3) is 5.91 Å². The highest BCUT2D eigenvalue weighted by Crippen LogP contribution is 2.24. The van der Waals surface area contributed by atoms with E-state index in [9.17, 15) is 4.79 Å². The number of likely N-dealkylation sites (tertiary alicyclic amines) is 1. The highest BCUT2D eigenvalue weighted by Gasteiger charge is 2.29. The number of amides is 1. The van der Waals surface area contributed by atoms with Gasteiger partial charge in [-0.15, -0.1) is 0 Å². The van der Waals surface area contributed by atoms with Gasteiger partial charge in [0.1, 0.15) is 5.69 Å². The van der Waals surface area contributed by atoms with Gasteiger partial charge in [0.05, 0.1) is 0 Å². The van der Waals surface area contributed by atoms with Gasteiger partial charge in [-0.3, -0.25) is 4.79 Å². The first kappa shape index (κ1) is 11.6. The van der Waals surface area contributed by atoms with E-state index in [0.717, 1.165) is 30.3 Å². The summed E-state index contributed by atoms with van der Waals surface area (Å²) in [7, 11) is 0. The number of carbonyl (C=O) groups is 1. The molecule has 16 heavy (non-hydrogen) atoms. The van der Waals surface area contributed by atoms with Crippen LogP contribution >= 0.6 is 15.9 Å². The van der Waals surface area contributed by atoms with Crippen molar-refractivity contribution in [2.45, 2.75) is 32.2 Å². The Morgan fingerprint density at radius 3 is 3.19 bits per heavy atom. The van der Waals surface area contributed by atoms with Gasteiger partial charge in [0, 0.05) is 23.3 Å². The van der Waals surface area contributed by atoms with E-state index in [4.69, 9.17) is 0 Å². The van der Waals surface area contributed by atoms with Crippen molar-refractivity contribution < 1.29 is 4.79 Å². The van der Waals surface area contributed by atoms with Gasteiger partial charge in [0.2, 0.25) is 0 Å². The number of carbonyl (C=O) groups excluding carboxylic acids is 1. The summed E-state index contributed by atoms with van der Waals surface area (Å²) >= 11 is 3.38. The molecule has 1 unspecified atom stereocenters. The van der Waals surface area contributed by atoms with Crippen molar-refractivity contribution in [3.8, 4) is 0 Å². The Morgan fingerprint density at radius 1 is 1.69 bits per heavy atom. The van der Waals surface area contributed by atoms with Crippen molar-refractivity contribution in [2.75, 3.05) is 6.54 Å². The monoisotopic (exact) mass is 282 g/mol. The Kier molecular flexibility index (Phi) is 3.59. The fourth-order valence-electron chi connectivity index (χ4n) is 2.21. The molecule has 2 heterocycles. The van der Waals surface area contributed by atoms with Crippen LogP contribution in [0.25, 0.3) is 0 Å². The van der Waals surface area contributed by atoms with Crippen LogP contribution in [0.3, 0.4) is 0 Å². The minimum absolute atomic E-state index is 0.0526. The van der Waals surface area contributed by atoms with Crippen LogP contribution in [0.15, 0.2) is 22.8 Å². The fraction of sp³-hybridized carbons (Fsp3) is 0.500. The molecule has 0 bridgehead atoms. The summed E-state index contributed by atoms with van der Waals surface area (Å²) in [5.41, 5.74) is 0.530. The Balaban J connectivity index is 2.22. The zero-order chi connectivity index (χ0) is 11.5. The number of pyridine rings is 1. The molecule has 1 amide bonds. The molecule has 1 aliphatic heterocycles. The van der Waals surface area contributed by atoms with E-state index in [1.54, 1.807) is 6.20 Å². The summed E-state index contributed by atoms with van der Waals surface area (Å²) in [4.78, 5) is 18.4. The minimum Gasteiger partial charge on any atom is -0.334 e. The molecule has 0 radical (unpaired) electrons. The smallest absolute Gasteiger partial charge is 0.273 e. The molecule has 1 aromatic heterocycles. The minimum atomic E-state index is 0.0526. The maximum absolute atomic E-state index is 12.3. The maximum Gasteiger partial charge on any atom is 0.273 e. The van der Waals surface area contributed by atoms with Gasteiger partial charge in [0.15, 0.2) is 0 Å². The molecule has 0 aliphatic carbocycles. The summed E-state index contributed by atoms with van der Waals surface area (Å²) in [5, 5.41) is 0. The highest BCUT2D eigenvalue weighted by molar-refractivity contribution is 9.10. The first-order valence-corrected chi connectivity index (χ1v) is 6.44. The second kappa shape index (κ2) is 4.95. The van der Waals surface area contributed by atoms with Gasteiger partial charge in [-0.1, -0.05) is 6.92 Å². The number of halogens is 1. The summed E-state index contributed by atoms with van der Waals surface area (Å²) in [6.07, 6.45) is 4.91. The van der Waals surface area contributed by atoms with E-state index in [1.807, 2.05) is 17.0 Å². The Bertz CT molecular complexity index is 394. The molecule has 1 saturated heterocycles. The van der Waals surface area contributed by atoms with Crippen LogP contribution in [0, 0.1) is 0 Å². The van der Waals surface area contributed by atoms with Gasteiger partial charge >= 0.3 is 0 Å². The van der Waals surface area contributed by atoms with E-state index < -0.39 is 0 Å². The first-order chi connectivity index (χ1) is 7.74. The molecule has 1 atom stereocenters. The van der Waals surface area contributed by atoms with Crippen molar-refractivity contribution in [1.29, 1.82) is 0 Å². The summed E-state index contributed by atoms with van der Waals surface area (Å²) < 4.78 is 0.779. The van der Waals surface area contributed by atoms with Crippen LogP contribution in [-0.4, -0.2) is 28.4 Å². The molecule has 4 heteroatoms. The lowest BCUT2D eigenvalue weighted by atomic mass is 10.1. The van der Waals surface area contributed by atoms with Crippen molar-refractivity contribution in [3.63, 3.8) is 0 Å². The lowest BCUT2D eigenvalue weighted by Gasteiger charge is -2.23. The standard InChI is InChI=1S/C12H15BrN2O/c1-2-9-5-4-8-15(9)12(16)11-10(13)6-3-7-14-11/h3,6-7,9H,2,4-5,8H2,1H3. The first-order valence-electron chi connectivity index (χ1n) is 5.65. The number of hydrogen-bond donors (Lipinski definition) is 0. The van der Waals surface area contributed by atoms with Crippen molar-refractivity contribution in [2.24, 2.45) is 0 Å². The van der Waals surface area contributed by atoms with Crippen LogP contribution in [0.5, 0.6) is 0 Å². The van der Waals surface area contributed by atoms with Crippen LogP contribution < -0.4 is 0 Å². The van der Waals surface area contributed by atoms with Crippen LogP contribution in [0.2, 0.25) is 0 Å². The SMILES string of the molecule is CCC1CCCN1C(=O)c1ncccc1Br. The molecular weight excluding hydrogens is 268 g/mol. The van der Waals surface area contributed by atoms with Crippen molar-refractivity contribution >= 4 is 21.8 Å². The quantitative estimate of drug-likeness (QED) is 0.836. The summed E-state index contributed by atoms with van der Waals surface area (Å²) in [6.45, 7) is 2.99. The van der Waals surface area contributed by atoms with E-state index in [0.29, 0.717) is 11.7 Å². The molecule has 1 aliphatic rings. The molecule has 3 nitrogen and oxygen atoms in total. The lowest BCUT2D eigenvalue weighted by Crippen LogP contribution is -2.35. The van der Waals surface area contributed by atoms with Crippen molar-refractivity contribution in [3.05, 3.63) is 28.5 Å². The van der Waals surface area contributed by atoms with Crippen LogP contribution in [0.1, 0.15) is 36.7 Å². The average molecular weight is 283 g/mol. The third-order valence-corrected chi connectivity index (χ3v) is 3.71. The fourth-order valence-corrected chi connectivity index (χ4v) is 2.63. The molecule has 0 saturated carbocycles. The lowest BCUT2D eigenvalue weighted by molar-refractivity contribution is 0.0726. The normalized spacial score (nSPS) is 20.1. The third kappa shape index (κ3) is 2.12. The Hall–Kier alpha value is -0.900. The number of hydrogen-bond acceptors (Lipinski definition) is 2. The van der Waals surface area contributed by atoms with Gasteiger partial charge in [-0.05, 0) is 47.3 Å². The van der Waals surface area contributed by atoms with Crippen LogP contribution in [-0.2, 0) is 0 Å². The second-order valence-corrected chi connectivity index (χ2v) is 4.89. The van der Waals surface area contributed by atoms with Gasteiger partial charge in [-0.2, -0.15) is 0 Å². The average Bonchev–Trinajstić information content (AvgIpc) is 2.77. The predicted molar refractivity (Wildman–Crippen MR) is 66.3 cm³/mol. The topological polar surface area (TPSA) is 33.2 Å². The third-order valence-electron chi connectivity index (χ3n) is 3.07. The zero-order valence-corrected chi connectivity index (χ0v) is 10.9. The molecule has 0 N–H and O–H groups in total. The summed E-state index contributed by atoms with van der Waals surface area (Å²) in [5.74, 6) is 0.0526. The molecule has 86 valence electrons. The molecule has 1 aromatic rings. The zero-order valence-electron chi connectivity index (χ0n) is 9.32. The van der Waals surface area contributed by atoms with Crippen molar-refractivity contribution in [1.82, 2.24) is 9.88 Å². The van der Waals surface area contributed by atoms with E-state index in [1.165, 1.54) is 0 Å². The Morgan fingerprint density at radius 2 is 2.50 bits per heavy atom. The largest absolute Gasteiger partial charge is 0.334 e. The Labute approximate surface area is 104 Å². The van der Waals surface area contributed by atoms with Crippen LogP contribution in [0.4, 0.5) is 0 Å². The highest BCUT2D eigenvalue weighted by atomic mass is 79.9. The maximum atomic E-state index is 12.3.